The van der Waals surface area contributed by atoms with Crippen LogP contribution in [-0.4, -0.2) is 10.8 Å². The van der Waals surface area contributed by atoms with Gasteiger partial charge in [-0.05, 0) is 41.5 Å². The van der Waals surface area contributed by atoms with Crippen molar-refractivity contribution in [3.8, 4) is 5.75 Å². The Balaban J connectivity index is 1.54. The number of fused-ring (bicyclic) bond motifs is 1. The number of alkyl halides is 3. The number of ether oxygens (including phenoxy) is 1. The molecular weight excluding hydrogens is 461 g/mol. The predicted octanol–water partition coefficient (Wildman–Crippen LogP) is 6.34. The van der Waals surface area contributed by atoms with Crippen LogP contribution in [0, 0.1) is 10.1 Å². The van der Waals surface area contributed by atoms with Crippen molar-refractivity contribution >= 4 is 40.5 Å². The second kappa shape index (κ2) is 8.59. The molecule has 1 aliphatic heterocycles. The SMILES string of the molecule is O=C1Nc2cc(C(F)(F)F)ccc2/C1=C/c1ccc(OCc2cccc([N+](=O)[O-])c2)c(Cl)c1. The standard InChI is InChI=1S/C23H14ClF3N2O4/c24-19-10-13(4-7-21(19)33-12-14-2-1-3-16(8-14)29(31)32)9-18-17-6-5-15(23(25,26)27)11-20(17)28-22(18)30/h1-11H,12H2,(H,28,30)/b18-9-. The highest BCUT2D eigenvalue weighted by Gasteiger charge is 2.33. The second-order valence-corrected chi connectivity index (χ2v) is 7.58. The van der Waals surface area contributed by atoms with Crippen molar-refractivity contribution in [3.05, 3.63) is 98.1 Å². The summed E-state index contributed by atoms with van der Waals surface area (Å²) in [6, 6.07) is 13.8. The van der Waals surface area contributed by atoms with Crippen LogP contribution in [0.3, 0.4) is 0 Å². The minimum atomic E-state index is -4.51. The van der Waals surface area contributed by atoms with Gasteiger partial charge in [0, 0.05) is 29.0 Å². The Hall–Kier alpha value is -3.85. The van der Waals surface area contributed by atoms with Crippen molar-refractivity contribution in [1.29, 1.82) is 0 Å². The van der Waals surface area contributed by atoms with Gasteiger partial charge >= 0.3 is 6.18 Å². The third-order valence-electron chi connectivity index (χ3n) is 4.91. The molecule has 0 spiro atoms. The molecule has 1 N–H and O–H groups in total. The zero-order valence-corrected chi connectivity index (χ0v) is 17.4. The lowest BCUT2D eigenvalue weighted by molar-refractivity contribution is -0.384. The molecule has 4 rings (SSSR count). The first-order valence-electron chi connectivity index (χ1n) is 9.52. The van der Waals surface area contributed by atoms with E-state index < -0.39 is 22.6 Å². The topological polar surface area (TPSA) is 81.5 Å². The molecule has 0 bridgehead atoms. The van der Waals surface area contributed by atoms with Gasteiger partial charge in [-0.15, -0.1) is 0 Å². The van der Waals surface area contributed by atoms with E-state index in [4.69, 9.17) is 16.3 Å². The van der Waals surface area contributed by atoms with E-state index >= 15 is 0 Å². The minimum Gasteiger partial charge on any atom is -0.487 e. The number of nitrogens with one attached hydrogen (secondary N) is 1. The van der Waals surface area contributed by atoms with Crippen LogP contribution >= 0.6 is 11.6 Å². The smallest absolute Gasteiger partial charge is 0.416 e. The molecule has 33 heavy (non-hydrogen) atoms. The van der Waals surface area contributed by atoms with Crippen molar-refractivity contribution in [2.75, 3.05) is 5.32 Å². The maximum Gasteiger partial charge on any atom is 0.416 e. The molecule has 0 aliphatic carbocycles. The predicted molar refractivity (Wildman–Crippen MR) is 117 cm³/mol. The van der Waals surface area contributed by atoms with Gasteiger partial charge in [0.2, 0.25) is 0 Å². The molecule has 6 nitrogen and oxygen atoms in total. The summed E-state index contributed by atoms with van der Waals surface area (Å²) in [5.74, 6) is -0.192. The summed E-state index contributed by atoms with van der Waals surface area (Å²) in [7, 11) is 0. The van der Waals surface area contributed by atoms with Gasteiger partial charge in [-0.3, -0.25) is 14.9 Å². The molecule has 0 atom stereocenters. The van der Waals surface area contributed by atoms with Crippen LogP contribution in [0.25, 0.3) is 11.6 Å². The summed E-state index contributed by atoms with van der Waals surface area (Å²) in [6.07, 6.45) is -3.00. The molecule has 0 radical (unpaired) electrons. The molecule has 1 aliphatic rings. The molecule has 0 aromatic heterocycles. The fraction of sp³-hybridized carbons (Fsp3) is 0.0870. The molecule has 0 saturated heterocycles. The molecule has 3 aromatic rings. The van der Waals surface area contributed by atoms with Crippen LogP contribution in [0.2, 0.25) is 5.02 Å². The number of nitro groups is 1. The lowest BCUT2D eigenvalue weighted by Gasteiger charge is -2.09. The van der Waals surface area contributed by atoms with E-state index in [-0.39, 0.29) is 28.6 Å². The van der Waals surface area contributed by atoms with Gasteiger partial charge in [0.1, 0.15) is 12.4 Å². The van der Waals surface area contributed by atoms with Gasteiger partial charge in [0.05, 0.1) is 15.5 Å². The summed E-state index contributed by atoms with van der Waals surface area (Å²) in [5, 5.41) is 13.6. The maximum atomic E-state index is 12.9. The normalized spacial score (nSPS) is 14.2. The van der Waals surface area contributed by atoms with Crippen molar-refractivity contribution in [1.82, 2.24) is 0 Å². The van der Waals surface area contributed by atoms with Crippen LogP contribution in [-0.2, 0) is 17.6 Å². The first kappa shape index (κ1) is 22.3. The molecule has 1 amide bonds. The number of benzene rings is 3. The van der Waals surface area contributed by atoms with Crippen LogP contribution < -0.4 is 10.1 Å². The summed E-state index contributed by atoms with van der Waals surface area (Å²) < 4.78 is 44.4. The average Bonchev–Trinajstić information content (AvgIpc) is 3.07. The fourth-order valence-corrected chi connectivity index (χ4v) is 3.57. The number of non-ortho nitro benzene ring substituents is 1. The van der Waals surface area contributed by atoms with Gasteiger partial charge in [-0.2, -0.15) is 13.2 Å². The molecule has 0 saturated carbocycles. The number of halogens is 4. The van der Waals surface area contributed by atoms with E-state index in [1.54, 1.807) is 30.3 Å². The van der Waals surface area contributed by atoms with E-state index in [1.807, 2.05) is 0 Å². The Bertz CT molecular complexity index is 1310. The Kier molecular flexibility index (Phi) is 5.82. The Morgan fingerprint density at radius 2 is 1.88 bits per heavy atom. The van der Waals surface area contributed by atoms with Crippen molar-refractivity contribution in [2.45, 2.75) is 12.8 Å². The summed E-state index contributed by atoms with van der Waals surface area (Å²) in [5.41, 5.74) is 0.876. The Morgan fingerprint density at radius 1 is 1.09 bits per heavy atom. The van der Waals surface area contributed by atoms with Gasteiger partial charge in [-0.1, -0.05) is 35.9 Å². The zero-order valence-electron chi connectivity index (χ0n) is 16.7. The van der Waals surface area contributed by atoms with Crippen molar-refractivity contribution in [3.63, 3.8) is 0 Å². The number of hydrogen-bond donors (Lipinski definition) is 1. The lowest BCUT2D eigenvalue weighted by Crippen LogP contribution is -2.06. The maximum absolute atomic E-state index is 12.9. The number of nitrogens with zero attached hydrogens (tertiary/aromatic N) is 1. The largest absolute Gasteiger partial charge is 0.487 e. The van der Waals surface area contributed by atoms with E-state index in [9.17, 15) is 28.1 Å². The monoisotopic (exact) mass is 474 g/mol. The molecular formula is C23H14ClF3N2O4. The van der Waals surface area contributed by atoms with E-state index in [0.29, 0.717) is 22.4 Å². The number of nitro benzene ring substituents is 1. The van der Waals surface area contributed by atoms with Crippen molar-refractivity contribution in [2.24, 2.45) is 0 Å². The lowest BCUT2D eigenvalue weighted by atomic mass is 10.0. The van der Waals surface area contributed by atoms with E-state index in [2.05, 4.69) is 5.32 Å². The second-order valence-electron chi connectivity index (χ2n) is 7.18. The summed E-state index contributed by atoms with van der Waals surface area (Å²) in [4.78, 5) is 22.7. The van der Waals surface area contributed by atoms with Crippen LogP contribution in [0.5, 0.6) is 5.75 Å². The first-order valence-corrected chi connectivity index (χ1v) is 9.90. The third kappa shape index (κ3) is 4.83. The minimum absolute atomic E-state index is 0.0540. The van der Waals surface area contributed by atoms with Crippen LogP contribution in [0.15, 0.2) is 60.7 Å². The zero-order chi connectivity index (χ0) is 23.8. The van der Waals surface area contributed by atoms with E-state index in [0.717, 1.165) is 12.1 Å². The first-order chi connectivity index (χ1) is 15.6. The van der Waals surface area contributed by atoms with Gasteiger partial charge in [0.15, 0.2) is 0 Å². The third-order valence-corrected chi connectivity index (χ3v) is 5.21. The molecule has 168 valence electrons. The Labute approximate surface area is 190 Å². The van der Waals surface area contributed by atoms with Gasteiger partial charge in [0.25, 0.3) is 11.6 Å². The summed E-state index contributed by atoms with van der Waals surface area (Å²) in [6.45, 7) is 0.0547. The average molecular weight is 475 g/mol. The highest BCUT2D eigenvalue weighted by molar-refractivity contribution is 6.35. The van der Waals surface area contributed by atoms with Crippen molar-refractivity contribution < 1.29 is 27.6 Å². The number of carbonyl (C=O) groups is 1. The number of hydrogen-bond acceptors (Lipinski definition) is 4. The Morgan fingerprint density at radius 3 is 2.58 bits per heavy atom. The fourth-order valence-electron chi connectivity index (χ4n) is 3.33. The van der Waals surface area contributed by atoms with Crippen LogP contribution in [0.1, 0.15) is 22.3 Å². The molecule has 3 aromatic carbocycles. The van der Waals surface area contributed by atoms with Gasteiger partial charge < -0.3 is 10.1 Å². The van der Waals surface area contributed by atoms with Crippen LogP contribution in [0.4, 0.5) is 24.5 Å². The highest BCUT2D eigenvalue weighted by atomic mass is 35.5. The quantitative estimate of drug-likeness (QED) is 0.266. The molecule has 0 unspecified atom stereocenters. The number of amides is 1. The highest BCUT2D eigenvalue weighted by Crippen LogP contribution is 2.39. The summed E-state index contributed by atoms with van der Waals surface area (Å²) >= 11 is 6.28. The number of anilines is 1. The number of rotatable bonds is 5. The van der Waals surface area contributed by atoms with Gasteiger partial charge in [-0.25, -0.2) is 0 Å². The van der Waals surface area contributed by atoms with E-state index in [1.165, 1.54) is 24.3 Å². The number of carbonyl (C=O) groups excluding carboxylic acids is 1. The molecule has 1 heterocycles. The molecule has 0 fully saturated rings. The molecule has 10 heteroatoms.